The number of amides is 1. The van der Waals surface area contributed by atoms with Gasteiger partial charge in [0.2, 0.25) is 0 Å². The monoisotopic (exact) mass is 431 g/mol. The predicted octanol–water partition coefficient (Wildman–Crippen LogP) is 4.31. The molecule has 3 nitrogen and oxygen atoms in total. The van der Waals surface area contributed by atoms with Gasteiger partial charge in [-0.1, -0.05) is 12.1 Å². The number of hydrogen-bond acceptors (Lipinski definition) is 2. The van der Waals surface area contributed by atoms with Crippen molar-refractivity contribution in [2.24, 2.45) is 0 Å². The van der Waals surface area contributed by atoms with Crippen molar-refractivity contribution < 1.29 is 9.53 Å². The molecule has 0 atom stereocenters. The van der Waals surface area contributed by atoms with E-state index in [1.807, 2.05) is 30.3 Å². The third-order valence-corrected chi connectivity index (χ3v) is 4.17. The number of carbonyl (C=O) groups is 1. The summed E-state index contributed by atoms with van der Waals surface area (Å²) in [5.74, 6) is 0.556. The second-order valence-electron chi connectivity index (χ2n) is 3.78. The number of carbonyl (C=O) groups excluding carboxylic acids is 1. The SMILES string of the molecule is COc1ccc(Br)c(NC(=O)c2ccccc2I)c1. The fourth-order valence-electron chi connectivity index (χ4n) is 1.56. The van der Waals surface area contributed by atoms with Crippen molar-refractivity contribution >= 4 is 50.1 Å². The number of benzene rings is 2. The Hall–Kier alpha value is -1.08. The highest BCUT2D eigenvalue weighted by atomic mass is 127. The van der Waals surface area contributed by atoms with Crippen LogP contribution in [0.2, 0.25) is 0 Å². The van der Waals surface area contributed by atoms with Crippen molar-refractivity contribution in [3.8, 4) is 5.75 Å². The molecule has 0 aliphatic rings. The van der Waals surface area contributed by atoms with Gasteiger partial charge in [-0.3, -0.25) is 4.79 Å². The van der Waals surface area contributed by atoms with Gasteiger partial charge < -0.3 is 10.1 Å². The molecule has 98 valence electrons. The number of halogens is 2. The fourth-order valence-corrected chi connectivity index (χ4v) is 2.54. The van der Waals surface area contributed by atoms with E-state index in [0.29, 0.717) is 17.0 Å². The quantitative estimate of drug-likeness (QED) is 0.735. The molecule has 19 heavy (non-hydrogen) atoms. The Morgan fingerprint density at radius 1 is 1.26 bits per heavy atom. The Balaban J connectivity index is 2.26. The Kier molecular flexibility index (Phi) is 4.81. The number of rotatable bonds is 3. The lowest BCUT2D eigenvalue weighted by Gasteiger charge is -2.10. The Morgan fingerprint density at radius 2 is 2.00 bits per heavy atom. The number of nitrogens with one attached hydrogen (secondary N) is 1. The van der Waals surface area contributed by atoms with Crippen LogP contribution in [-0.2, 0) is 0 Å². The van der Waals surface area contributed by atoms with Gasteiger partial charge in [0.05, 0.1) is 18.4 Å². The summed E-state index contributed by atoms with van der Waals surface area (Å²) in [6, 6.07) is 12.9. The first kappa shape index (κ1) is 14.3. The molecule has 0 saturated carbocycles. The number of ether oxygens (including phenoxy) is 1. The van der Waals surface area contributed by atoms with Crippen LogP contribution in [0.25, 0.3) is 0 Å². The molecule has 1 N–H and O–H groups in total. The fraction of sp³-hybridized carbons (Fsp3) is 0.0714. The zero-order valence-electron chi connectivity index (χ0n) is 10.1. The maximum absolute atomic E-state index is 12.2. The van der Waals surface area contributed by atoms with Gasteiger partial charge in [0.15, 0.2) is 0 Å². The van der Waals surface area contributed by atoms with Gasteiger partial charge in [-0.2, -0.15) is 0 Å². The average Bonchev–Trinajstić information content (AvgIpc) is 2.41. The van der Waals surface area contributed by atoms with E-state index in [1.165, 1.54) is 0 Å². The third-order valence-electron chi connectivity index (χ3n) is 2.54. The summed E-state index contributed by atoms with van der Waals surface area (Å²) in [6.07, 6.45) is 0. The van der Waals surface area contributed by atoms with Crippen molar-refractivity contribution in [3.63, 3.8) is 0 Å². The summed E-state index contributed by atoms with van der Waals surface area (Å²) >= 11 is 5.55. The van der Waals surface area contributed by atoms with Crippen LogP contribution in [0.4, 0.5) is 5.69 Å². The molecule has 0 bridgehead atoms. The molecule has 0 saturated heterocycles. The highest BCUT2D eigenvalue weighted by Gasteiger charge is 2.11. The van der Waals surface area contributed by atoms with Crippen molar-refractivity contribution in [3.05, 3.63) is 56.1 Å². The Labute approximate surface area is 133 Å². The molecule has 2 rings (SSSR count). The average molecular weight is 432 g/mol. The topological polar surface area (TPSA) is 38.3 Å². The molecule has 0 radical (unpaired) electrons. The van der Waals surface area contributed by atoms with Crippen LogP contribution in [0.1, 0.15) is 10.4 Å². The number of methoxy groups -OCH3 is 1. The van der Waals surface area contributed by atoms with Gasteiger partial charge in [-0.25, -0.2) is 0 Å². The number of hydrogen-bond donors (Lipinski definition) is 1. The second-order valence-corrected chi connectivity index (χ2v) is 5.80. The lowest BCUT2D eigenvalue weighted by molar-refractivity contribution is 0.102. The van der Waals surface area contributed by atoms with E-state index < -0.39 is 0 Å². The summed E-state index contributed by atoms with van der Waals surface area (Å²) < 4.78 is 6.87. The predicted molar refractivity (Wildman–Crippen MR) is 87.8 cm³/mol. The van der Waals surface area contributed by atoms with E-state index in [1.54, 1.807) is 19.2 Å². The summed E-state index contributed by atoms with van der Waals surface area (Å²) in [6.45, 7) is 0. The summed E-state index contributed by atoms with van der Waals surface area (Å²) in [5, 5.41) is 2.87. The normalized spacial score (nSPS) is 10.1. The molecule has 2 aromatic carbocycles. The second kappa shape index (κ2) is 6.38. The van der Waals surface area contributed by atoms with Crippen LogP contribution in [0, 0.1) is 3.57 Å². The lowest BCUT2D eigenvalue weighted by Crippen LogP contribution is -2.13. The van der Waals surface area contributed by atoms with Crippen molar-refractivity contribution in [2.45, 2.75) is 0 Å². The molecule has 0 aliphatic carbocycles. The highest BCUT2D eigenvalue weighted by Crippen LogP contribution is 2.27. The minimum Gasteiger partial charge on any atom is -0.497 e. The zero-order valence-corrected chi connectivity index (χ0v) is 13.9. The molecule has 5 heteroatoms. The van der Waals surface area contributed by atoms with Crippen molar-refractivity contribution in [2.75, 3.05) is 12.4 Å². The van der Waals surface area contributed by atoms with Crippen LogP contribution < -0.4 is 10.1 Å². The van der Waals surface area contributed by atoms with E-state index in [0.717, 1.165) is 8.04 Å². The van der Waals surface area contributed by atoms with Crippen LogP contribution >= 0.6 is 38.5 Å². The van der Waals surface area contributed by atoms with Gasteiger partial charge in [0.1, 0.15) is 5.75 Å². The smallest absolute Gasteiger partial charge is 0.256 e. The maximum Gasteiger partial charge on any atom is 0.256 e. The number of anilines is 1. The Morgan fingerprint density at radius 3 is 2.68 bits per heavy atom. The van der Waals surface area contributed by atoms with E-state index in [-0.39, 0.29) is 5.91 Å². The first-order valence-corrected chi connectivity index (χ1v) is 7.38. The van der Waals surface area contributed by atoms with Gasteiger partial charge >= 0.3 is 0 Å². The van der Waals surface area contributed by atoms with Crippen molar-refractivity contribution in [1.29, 1.82) is 0 Å². The zero-order chi connectivity index (χ0) is 13.8. The van der Waals surface area contributed by atoms with Crippen LogP contribution in [0.3, 0.4) is 0 Å². The van der Waals surface area contributed by atoms with E-state index in [9.17, 15) is 4.79 Å². The standard InChI is InChI=1S/C14H11BrINO2/c1-19-9-6-7-11(15)13(8-9)17-14(18)10-4-2-3-5-12(10)16/h2-8H,1H3,(H,17,18). The first-order chi connectivity index (χ1) is 9.11. The third kappa shape index (κ3) is 3.48. The lowest BCUT2D eigenvalue weighted by atomic mass is 10.2. The molecule has 0 aromatic heterocycles. The molecule has 2 aromatic rings. The van der Waals surface area contributed by atoms with Crippen molar-refractivity contribution in [1.82, 2.24) is 0 Å². The summed E-state index contributed by atoms with van der Waals surface area (Å²) in [5.41, 5.74) is 1.34. The molecular formula is C14H11BrINO2. The first-order valence-electron chi connectivity index (χ1n) is 5.51. The highest BCUT2D eigenvalue weighted by molar-refractivity contribution is 14.1. The Bertz CT molecular complexity index is 616. The van der Waals surface area contributed by atoms with Gasteiger partial charge in [-0.15, -0.1) is 0 Å². The van der Waals surface area contributed by atoms with Crippen LogP contribution in [0.5, 0.6) is 5.75 Å². The van der Waals surface area contributed by atoms with E-state index >= 15 is 0 Å². The van der Waals surface area contributed by atoms with Gasteiger partial charge in [0, 0.05) is 14.1 Å². The maximum atomic E-state index is 12.2. The summed E-state index contributed by atoms with van der Waals surface area (Å²) in [7, 11) is 1.59. The molecule has 0 spiro atoms. The molecule has 0 heterocycles. The van der Waals surface area contributed by atoms with Crippen LogP contribution in [-0.4, -0.2) is 13.0 Å². The molecule has 0 fully saturated rings. The molecular weight excluding hydrogens is 421 g/mol. The molecule has 0 unspecified atom stereocenters. The van der Waals surface area contributed by atoms with Gasteiger partial charge in [0.25, 0.3) is 5.91 Å². The molecule has 0 aliphatic heterocycles. The molecule has 1 amide bonds. The van der Waals surface area contributed by atoms with E-state index in [4.69, 9.17) is 4.74 Å². The minimum absolute atomic E-state index is 0.140. The largest absolute Gasteiger partial charge is 0.497 e. The van der Waals surface area contributed by atoms with Crippen LogP contribution in [0.15, 0.2) is 46.9 Å². The summed E-state index contributed by atoms with van der Waals surface area (Å²) in [4.78, 5) is 12.2. The van der Waals surface area contributed by atoms with Gasteiger partial charge in [-0.05, 0) is 62.8 Å². The minimum atomic E-state index is -0.140. The van der Waals surface area contributed by atoms with E-state index in [2.05, 4.69) is 43.8 Å².